The Balaban J connectivity index is 1.61. The van der Waals surface area contributed by atoms with Crippen LogP contribution in [0.15, 0.2) is 10.9 Å². The average Bonchev–Trinajstić information content (AvgIpc) is 3.05. The normalized spacial score (nSPS) is 27.2. The molecule has 24 heavy (non-hydrogen) atoms. The van der Waals surface area contributed by atoms with E-state index in [1.54, 1.807) is 5.51 Å². The fourth-order valence-electron chi connectivity index (χ4n) is 3.88. The van der Waals surface area contributed by atoms with Crippen molar-refractivity contribution in [3.63, 3.8) is 0 Å². The Morgan fingerprint density at radius 1 is 1.29 bits per heavy atom. The molecule has 0 aromatic carbocycles. The number of hydrogen-bond acceptors (Lipinski definition) is 6. The van der Waals surface area contributed by atoms with E-state index in [4.69, 9.17) is 0 Å². The maximum atomic E-state index is 12.6. The molecular formula is C17H28N4O2S. The topological polar surface area (TPSA) is 59.9 Å². The molecule has 6 nitrogen and oxygen atoms in total. The maximum Gasteiger partial charge on any atom is 0.273 e. The van der Waals surface area contributed by atoms with E-state index in [9.17, 15) is 9.90 Å². The summed E-state index contributed by atoms with van der Waals surface area (Å²) < 4.78 is 0. The summed E-state index contributed by atoms with van der Waals surface area (Å²) in [7, 11) is 2.18. The van der Waals surface area contributed by atoms with Crippen molar-refractivity contribution >= 4 is 17.2 Å². The maximum absolute atomic E-state index is 12.6. The van der Waals surface area contributed by atoms with Crippen molar-refractivity contribution in [3.05, 3.63) is 16.6 Å². The lowest BCUT2D eigenvalue weighted by Crippen LogP contribution is -2.48. The zero-order valence-electron chi connectivity index (χ0n) is 14.4. The van der Waals surface area contributed by atoms with Crippen molar-refractivity contribution < 1.29 is 9.90 Å². The summed E-state index contributed by atoms with van der Waals surface area (Å²) in [4.78, 5) is 23.6. The van der Waals surface area contributed by atoms with Gasteiger partial charge >= 0.3 is 0 Å². The zero-order valence-corrected chi connectivity index (χ0v) is 15.2. The summed E-state index contributed by atoms with van der Waals surface area (Å²) in [5.41, 5.74) is 2.24. The monoisotopic (exact) mass is 352 g/mol. The first-order valence-corrected chi connectivity index (χ1v) is 9.79. The molecule has 3 heterocycles. The minimum atomic E-state index is 0.00926. The average molecular weight is 353 g/mol. The summed E-state index contributed by atoms with van der Waals surface area (Å²) in [5, 5.41) is 11.5. The number of rotatable bonds is 4. The van der Waals surface area contributed by atoms with Gasteiger partial charge in [-0.2, -0.15) is 0 Å². The Kier molecular flexibility index (Phi) is 6.21. The van der Waals surface area contributed by atoms with E-state index in [2.05, 4.69) is 21.8 Å². The van der Waals surface area contributed by atoms with Crippen LogP contribution in [0.4, 0.5) is 0 Å². The second kappa shape index (κ2) is 8.38. The molecular weight excluding hydrogens is 324 g/mol. The molecule has 134 valence electrons. The minimum absolute atomic E-state index is 0.00926. The highest BCUT2D eigenvalue weighted by Gasteiger charge is 2.32. The van der Waals surface area contributed by atoms with Gasteiger partial charge in [0.15, 0.2) is 0 Å². The van der Waals surface area contributed by atoms with Crippen molar-refractivity contribution in [1.82, 2.24) is 19.7 Å². The highest BCUT2D eigenvalue weighted by Crippen LogP contribution is 2.24. The van der Waals surface area contributed by atoms with Crippen LogP contribution < -0.4 is 0 Å². The molecule has 2 aliphatic heterocycles. The Morgan fingerprint density at radius 3 is 2.88 bits per heavy atom. The summed E-state index contributed by atoms with van der Waals surface area (Å²) in [6.45, 7) is 7.09. The summed E-state index contributed by atoms with van der Waals surface area (Å²) in [5.74, 6) is 0.623. The summed E-state index contributed by atoms with van der Waals surface area (Å²) in [6.07, 6.45) is 2.21. The van der Waals surface area contributed by atoms with Crippen LogP contribution in [0.2, 0.25) is 0 Å². The number of piperidine rings is 1. The number of carbonyl (C=O) groups is 1. The van der Waals surface area contributed by atoms with Gasteiger partial charge in [-0.05, 0) is 44.8 Å². The Labute approximate surface area is 148 Å². The van der Waals surface area contributed by atoms with Gasteiger partial charge in [-0.3, -0.25) is 4.79 Å². The molecule has 1 amide bonds. The van der Waals surface area contributed by atoms with Gasteiger partial charge in [-0.25, -0.2) is 4.98 Å². The van der Waals surface area contributed by atoms with Crippen LogP contribution in [0, 0.1) is 11.8 Å². The number of thiazole rings is 1. The van der Waals surface area contributed by atoms with Crippen LogP contribution in [0.1, 0.15) is 23.3 Å². The first-order valence-electron chi connectivity index (χ1n) is 8.85. The Hall–Kier alpha value is -1.02. The molecule has 0 bridgehead atoms. The zero-order chi connectivity index (χ0) is 16.9. The molecule has 0 saturated carbocycles. The second-order valence-electron chi connectivity index (χ2n) is 7.19. The highest BCUT2D eigenvalue weighted by atomic mass is 32.1. The predicted octanol–water partition coefficient (Wildman–Crippen LogP) is 0.851. The summed E-state index contributed by atoms with van der Waals surface area (Å²) in [6, 6.07) is 0. The lowest BCUT2D eigenvalue weighted by Gasteiger charge is -2.39. The highest BCUT2D eigenvalue weighted by molar-refractivity contribution is 7.07. The number of likely N-dealkylation sites (N-methyl/N-ethyl adjacent to an activating group) is 1. The number of amides is 1. The van der Waals surface area contributed by atoms with Crippen molar-refractivity contribution in [2.45, 2.75) is 12.8 Å². The first-order chi connectivity index (χ1) is 11.7. The number of likely N-dealkylation sites (tertiary alicyclic amines) is 1. The van der Waals surface area contributed by atoms with E-state index < -0.39 is 0 Å². The third kappa shape index (κ3) is 4.53. The van der Waals surface area contributed by atoms with E-state index in [1.807, 2.05) is 10.3 Å². The van der Waals surface area contributed by atoms with Crippen LogP contribution in [0.25, 0.3) is 0 Å². The number of aliphatic hydroxyl groups is 1. The fraction of sp³-hybridized carbons (Fsp3) is 0.765. The third-order valence-corrected chi connectivity index (χ3v) is 5.74. The Bertz CT molecular complexity index is 525. The van der Waals surface area contributed by atoms with Gasteiger partial charge in [0.05, 0.1) is 5.51 Å². The predicted molar refractivity (Wildman–Crippen MR) is 95.3 cm³/mol. The van der Waals surface area contributed by atoms with Gasteiger partial charge in [-0.15, -0.1) is 11.3 Å². The van der Waals surface area contributed by atoms with Crippen molar-refractivity contribution in [1.29, 1.82) is 0 Å². The molecule has 3 rings (SSSR count). The molecule has 2 aliphatic rings. The number of carbonyl (C=O) groups excluding carboxylic acids is 1. The molecule has 0 unspecified atom stereocenters. The van der Waals surface area contributed by atoms with E-state index in [0.717, 1.165) is 45.7 Å². The van der Waals surface area contributed by atoms with Crippen LogP contribution in [0.5, 0.6) is 0 Å². The molecule has 7 heteroatoms. The van der Waals surface area contributed by atoms with Gasteiger partial charge in [0.1, 0.15) is 5.69 Å². The van der Waals surface area contributed by atoms with Crippen molar-refractivity contribution in [2.75, 3.05) is 59.5 Å². The largest absolute Gasteiger partial charge is 0.396 e. The van der Waals surface area contributed by atoms with Gasteiger partial charge in [-0.1, -0.05) is 0 Å². The molecule has 2 atom stereocenters. The number of hydrogen-bond donors (Lipinski definition) is 1. The number of nitrogens with zero attached hydrogens (tertiary/aromatic N) is 4. The van der Waals surface area contributed by atoms with Crippen LogP contribution in [-0.4, -0.2) is 90.2 Å². The third-order valence-electron chi connectivity index (χ3n) is 5.15. The molecule has 2 fully saturated rings. The quantitative estimate of drug-likeness (QED) is 0.871. The fourth-order valence-corrected chi connectivity index (χ4v) is 4.40. The van der Waals surface area contributed by atoms with Crippen molar-refractivity contribution in [3.8, 4) is 0 Å². The van der Waals surface area contributed by atoms with Gasteiger partial charge in [0.2, 0.25) is 0 Å². The molecule has 1 aromatic heterocycles. The lowest BCUT2D eigenvalue weighted by molar-refractivity contribution is 0.0450. The standard InChI is InChI=1S/C17H28N4O2S/c1-19-3-2-4-20(6-5-19)8-14-7-15(11-22)10-21(9-14)17(23)16-12-24-13-18-16/h12-15,22H,2-11H2,1H3/t14-,15+/m1/s1. The van der Waals surface area contributed by atoms with Gasteiger partial charge in [0.25, 0.3) is 5.91 Å². The van der Waals surface area contributed by atoms with Gasteiger partial charge < -0.3 is 19.8 Å². The Morgan fingerprint density at radius 2 is 2.12 bits per heavy atom. The molecule has 1 N–H and O–H groups in total. The van der Waals surface area contributed by atoms with E-state index in [0.29, 0.717) is 18.2 Å². The number of aromatic nitrogens is 1. The van der Waals surface area contributed by atoms with E-state index in [-0.39, 0.29) is 18.4 Å². The number of aliphatic hydroxyl groups excluding tert-OH is 1. The smallest absolute Gasteiger partial charge is 0.273 e. The lowest BCUT2D eigenvalue weighted by atomic mass is 9.89. The SMILES string of the molecule is CN1CCCN(C[C@H]2C[C@H](CO)CN(C(=O)c3cscn3)C2)CC1. The molecule has 0 aliphatic carbocycles. The van der Waals surface area contributed by atoms with Crippen LogP contribution in [-0.2, 0) is 0 Å². The second-order valence-corrected chi connectivity index (χ2v) is 7.91. The first kappa shape index (κ1) is 17.8. The van der Waals surface area contributed by atoms with Crippen molar-refractivity contribution in [2.24, 2.45) is 11.8 Å². The van der Waals surface area contributed by atoms with Gasteiger partial charge in [0, 0.05) is 44.7 Å². The van der Waals surface area contributed by atoms with Crippen LogP contribution >= 0.6 is 11.3 Å². The van der Waals surface area contributed by atoms with Crippen LogP contribution in [0.3, 0.4) is 0 Å². The molecule has 0 spiro atoms. The van der Waals surface area contributed by atoms with E-state index >= 15 is 0 Å². The van der Waals surface area contributed by atoms with E-state index in [1.165, 1.54) is 17.8 Å². The minimum Gasteiger partial charge on any atom is -0.396 e. The molecule has 1 aromatic rings. The molecule has 2 saturated heterocycles. The molecule has 0 radical (unpaired) electrons. The summed E-state index contributed by atoms with van der Waals surface area (Å²) >= 11 is 1.45.